The van der Waals surface area contributed by atoms with Crippen LogP contribution in [0.4, 0.5) is 14.5 Å². The third kappa shape index (κ3) is 4.16. The van der Waals surface area contributed by atoms with Crippen LogP contribution in [-0.2, 0) is 7.05 Å². The second-order valence-electron chi connectivity index (χ2n) is 5.76. The SMILES string of the molecule is Cc1cc(F)c(/N=c2\snc(C)n2C)cc1SCC(C)(C)F. The summed E-state index contributed by atoms with van der Waals surface area (Å²) >= 11 is 2.60. The molecular weight excluding hydrogens is 324 g/mol. The highest BCUT2D eigenvalue weighted by atomic mass is 32.2. The van der Waals surface area contributed by atoms with Crippen molar-refractivity contribution in [3.8, 4) is 0 Å². The molecule has 0 saturated carbocycles. The molecule has 0 atom stereocenters. The fraction of sp³-hybridized carbons (Fsp3) is 0.467. The molecule has 0 saturated heterocycles. The van der Waals surface area contributed by atoms with Gasteiger partial charge in [-0.2, -0.15) is 4.37 Å². The molecule has 120 valence electrons. The zero-order valence-corrected chi connectivity index (χ0v) is 14.9. The number of thioether (sulfide) groups is 1. The van der Waals surface area contributed by atoms with E-state index in [4.69, 9.17) is 0 Å². The Balaban J connectivity index is 2.41. The molecule has 0 radical (unpaired) electrons. The Bertz CT molecular complexity index is 742. The fourth-order valence-corrected chi connectivity index (χ4v) is 3.41. The van der Waals surface area contributed by atoms with Crippen LogP contribution in [0, 0.1) is 19.7 Å². The summed E-state index contributed by atoms with van der Waals surface area (Å²) in [5, 5.41) is 0. The summed E-state index contributed by atoms with van der Waals surface area (Å²) in [5.74, 6) is 0.754. The molecule has 22 heavy (non-hydrogen) atoms. The van der Waals surface area contributed by atoms with Crippen molar-refractivity contribution >= 4 is 29.0 Å². The van der Waals surface area contributed by atoms with Gasteiger partial charge in [0.05, 0.1) is 0 Å². The summed E-state index contributed by atoms with van der Waals surface area (Å²) in [6, 6.07) is 3.12. The highest BCUT2D eigenvalue weighted by Crippen LogP contribution is 2.32. The molecule has 0 bridgehead atoms. The average molecular weight is 343 g/mol. The summed E-state index contributed by atoms with van der Waals surface area (Å²) in [4.78, 5) is 5.81. The predicted molar refractivity (Wildman–Crippen MR) is 88.1 cm³/mol. The molecule has 1 aromatic heterocycles. The first kappa shape index (κ1) is 17.1. The van der Waals surface area contributed by atoms with Gasteiger partial charge in [0.1, 0.15) is 23.0 Å². The maximum absolute atomic E-state index is 14.1. The maximum Gasteiger partial charge on any atom is 0.209 e. The van der Waals surface area contributed by atoms with Gasteiger partial charge in [0.25, 0.3) is 0 Å². The molecule has 0 aliphatic heterocycles. The molecule has 0 N–H and O–H groups in total. The number of alkyl halides is 1. The summed E-state index contributed by atoms with van der Waals surface area (Å²) < 4.78 is 33.8. The van der Waals surface area contributed by atoms with Gasteiger partial charge in [0.2, 0.25) is 4.80 Å². The minimum atomic E-state index is -1.27. The van der Waals surface area contributed by atoms with Crippen LogP contribution in [0.3, 0.4) is 0 Å². The highest BCUT2D eigenvalue weighted by molar-refractivity contribution is 7.99. The third-order valence-corrected chi connectivity index (χ3v) is 5.53. The smallest absolute Gasteiger partial charge is 0.209 e. The quantitative estimate of drug-likeness (QED) is 0.774. The first-order valence-electron chi connectivity index (χ1n) is 6.83. The summed E-state index contributed by atoms with van der Waals surface area (Å²) in [5.41, 5.74) is -0.233. The monoisotopic (exact) mass is 343 g/mol. The predicted octanol–water partition coefficient (Wildman–Crippen LogP) is 4.31. The van der Waals surface area contributed by atoms with Gasteiger partial charge in [0.15, 0.2) is 0 Å². The number of nitrogens with zero attached hydrogens (tertiary/aromatic N) is 3. The van der Waals surface area contributed by atoms with Crippen LogP contribution in [0.25, 0.3) is 0 Å². The number of aromatic nitrogens is 2. The Morgan fingerprint density at radius 1 is 1.36 bits per heavy atom. The Morgan fingerprint density at radius 2 is 2.05 bits per heavy atom. The van der Waals surface area contributed by atoms with Gasteiger partial charge in [-0.25, -0.2) is 13.8 Å². The van der Waals surface area contributed by atoms with Crippen molar-refractivity contribution in [2.45, 2.75) is 38.3 Å². The van der Waals surface area contributed by atoms with Gasteiger partial charge in [0, 0.05) is 29.2 Å². The van der Waals surface area contributed by atoms with E-state index in [1.165, 1.54) is 43.2 Å². The zero-order chi connectivity index (χ0) is 16.5. The Kier molecular flexibility index (Phi) is 5.07. The van der Waals surface area contributed by atoms with Gasteiger partial charge < -0.3 is 4.57 Å². The number of benzene rings is 1. The molecule has 0 fully saturated rings. The normalized spacial score (nSPS) is 13.0. The van der Waals surface area contributed by atoms with E-state index in [9.17, 15) is 8.78 Å². The Hall–Kier alpha value is -1.21. The van der Waals surface area contributed by atoms with Crippen LogP contribution in [0.1, 0.15) is 25.2 Å². The third-order valence-electron chi connectivity index (χ3n) is 3.06. The lowest BCUT2D eigenvalue weighted by Gasteiger charge is -2.14. The molecular formula is C15H19F2N3S2. The van der Waals surface area contributed by atoms with Gasteiger partial charge in [-0.15, -0.1) is 11.8 Å². The van der Waals surface area contributed by atoms with Crippen molar-refractivity contribution in [1.82, 2.24) is 8.94 Å². The van der Waals surface area contributed by atoms with Gasteiger partial charge in [-0.3, -0.25) is 0 Å². The summed E-state index contributed by atoms with van der Waals surface area (Å²) in [7, 11) is 1.84. The highest BCUT2D eigenvalue weighted by Gasteiger charge is 2.17. The van der Waals surface area contributed by atoms with Crippen molar-refractivity contribution in [2.24, 2.45) is 12.0 Å². The minimum absolute atomic E-state index is 0.254. The molecule has 0 aliphatic rings. The van der Waals surface area contributed by atoms with Crippen LogP contribution in [0.5, 0.6) is 0 Å². The van der Waals surface area contributed by atoms with Gasteiger partial charge in [-0.1, -0.05) is 0 Å². The molecule has 7 heteroatoms. The first-order chi connectivity index (χ1) is 10.2. The number of hydrogen-bond donors (Lipinski definition) is 0. The van der Waals surface area contributed by atoms with E-state index in [0.717, 1.165) is 16.3 Å². The molecule has 1 aromatic carbocycles. The zero-order valence-electron chi connectivity index (χ0n) is 13.3. The number of halogens is 2. The summed E-state index contributed by atoms with van der Waals surface area (Å²) in [6.07, 6.45) is 0. The molecule has 0 unspecified atom stereocenters. The first-order valence-corrected chi connectivity index (χ1v) is 8.59. The second-order valence-corrected chi connectivity index (χ2v) is 7.51. The van der Waals surface area contributed by atoms with Crippen molar-refractivity contribution in [3.63, 3.8) is 0 Å². The van der Waals surface area contributed by atoms with E-state index in [1.807, 2.05) is 20.9 Å². The van der Waals surface area contributed by atoms with E-state index in [-0.39, 0.29) is 11.5 Å². The van der Waals surface area contributed by atoms with E-state index < -0.39 is 5.67 Å². The lowest BCUT2D eigenvalue weighted by molar-refractivity contribution is 0.253. The Labute approximate surface area is 137 Å². The lowest BCUT2D eigenvalue weighted by Crippen LogP contribution is -2.15. The average Bonchev–Trinajstić information content (AvgIpc) is 2.71. The van der Waals surface area contributed by atoms with Gasteiger partial charge >= 0.3 is 0 Å². The van der Waals surface area contributed by atoms with E-state index in [2.05, 4.69) is 9.37 Å². The van der Waals surface area contributed by atoms with Crippen LogP contribution in [0.15, 0.2) is 22.0 Å². The number of hydrogen-bond acceptors (Lipinski definition) is 4. The molecule has 0 aliphatic carbocycles. The van der Waals surface area contributed by atoms with E-state index in [0.29, 0.717) is 10.6 Å². The fourth-order valence-electron chi connectivity index (χ4n) is 1.70. The van der Waals surface area contributed by atoms with Crippen LogP contribution in [-0.4, -0.2) is 20.4 Å². The van der Waals surface area contributed by atoms with Crippen molar-refractivity contribution in [2.75, 3.05) is 5.75 Å². The molecule has 2 rings (SSSR count). The molecule has 3 nitrogen and oxygen atoms in total. The molecule has 0 spiro atoms. The van der Waals surface area contributed by atoms with Gasteiger partial charge in [-0.05, 0) is 45.4 Å². The number of rotatable bonds is 4. The largest absolute Gasteiger partial charge is 0.307 e. The number of aryl methyl sites for hydroxylation is 2. The second kappa shape index (κ2) is 6.50. The van der Waals surface area contributed by atoms with Crippen LogP contribution >= 0.6 is 23.3 Å². The van der Waals surface area contributed by atoms with Crippen LogP contribution in [0.2, 0.25) is 0 Å². The van der Waals surface area contributed by atoms with E-state index in [1.54, 1.807) is 10.6 Å². The van der Waals surface area contributed by atoms with Crippen LogP contribution < -0.4 is 4.80 Å². The molecule has 1 heterocycles. The van der Waals surface area contributed by atoms with Crippen molar-refractivity contribution in [1.29, 1.82) is 0 Å². The molecule has 0 amide bonds. The Morgan fingerprint density at radius 3 is 2.59 bits per heavy atom. The molecule has 2 aromatic rings. The topological polar surface area (TPSA) is 30.2 Å². The lowest BCUT2D eigenvalue weighted by atomic mass is 10.2. The standard InChI is InChI=1S/C15H19F2N3S2/c1-9-6-11(16)12(7-13(9)21-8-15(3,4)17)18-14-20(5)10(2)19-22-14/h6-7H,8H2,1-5H3/b18-14-. The maximum atomic E-state index is 14.1. The van der Waals surface area contributed by atoms with Crippen molar-refractivity contribution < 1.29 is 8.78 Å². The van der Waals surface area contributed by atoms with Crippen molar-refractivity contribution in [3.05, 3.63) is 34.1 Å². The summed E-state index contributed by atoms with van der Waals surface area (Å²) in [6.45, 7) is 6.75. The minimum Gasteiger partial charge on any atom is -0.307 e. The van der Waals surface area contributed by atoms with E-state index >= 15 is 0 Å².